The van der Waals surface area contributed by atoms with E-state index >= 15 is 0 Å². The zero-order chi connectivity index (χ0) is 14.5. The third-order valence-electron chi connectivity index (χ3n) is 3.54. The van der Waals surface area contributed by atoms with Crippen LogP contribution in [0.1, 0.15) is 43.5 Å². The van der Waals surface area contributed by atoms with Crippen LogP contribution in [0.15, 0.2) is 5.38 Å². The summed E-state index contributed by atoms with van der Waals surface area (Å²) in [5.74, 6) is -0.138. The molecule has 1 saturated heterocycles. The van der Waals surface area contributed by atoms with Crippen molar-refractivity contribution < 1.29 is 14.3 Å². The first kappa shape index (κ1) is 15.4. The fourth-order valence-corrected chi connectivity index (χ4v) is 3.34. The number of carbonyl (C=O) groups excluding carboxylic acids is 1. The summed E-state index contributed by atoms with van der Waals surface area (Å²) in [6.07, 6.45) is 1.94. The van der Waals surface area contributed by atoms with Crippen LogP contribution in [0, 0.1) is 0 Å². The van der Waals surface area contributed by atoms with Crippen LogP contribution in [-0.2, 0) is 20.8 Å². The monoisotopic (exact) mass is 298 g/mol. The Morgan fingerprint density at radius 2 is 2.45 bits per heavy atom. The SMILES string of the molecule is CCOC(C)c1nc(CN2CCCC2C(=O)OC)cs1. The lowest BCUT2D eigenvalue weighted by Gasteiger charge is -2.21. The Balaban J connectivity index is 1.97. The molecule has 0 bridgehead atoms. The van der Waals surface area contributed by atoms with Gasteiger partial charge in [-0.1, -0.05) is 0 Å². The van der Waals surface area contributed by atoms with Gasteiger partial charge in [0, 0.05) is 18.5 Å². The van der Waals surface area contributed by atoms with Crippen molar-refractivity contribution in [1.82, 2.24) is 9.88 Å². The molecule has 1 aliphatic heterocycles. The first-order valence-electron chi connectivity index (χ1n) is 7.03. The number of nitrogens with zero attached hydrogens (tertiary/aromatic N) is 2. The Morgan fingerprint density at radius 1 is 1.65 bits per heavy atom. The highest BCUT2D eigenvalue weighted by Gasteiger charge is 2.31. The van der Waals surface area contributed by atoms with Gasteiger partial charge in [0.15, 0.2) is 0 Å². The van der Waals surface area contributed by atoms with Crippen molar-refractivity contribution in [3.63, 3.8) is 0 Å². The third-order valence-corrected chi connectivity index (χ3v) is 4.59. The molecule has 0 aromatic carbocycles. The molecule has 0 spiro atoms. The van der Waals surface area contributed by atoms with Crippen molar-refractivity contribution >= 4 is 17.3 Å². The fourth-order valence-electron chi connectivity index (χ4n) is 2.53. The van der Waals surface area contributed by atoms with E-state index in [1.165, 1.54) is 7.11 Å². The highest BCUT2D eigenvalue weighted by molar-refractivity contribution is 7.09. The first-order chi connectivity index (χ1) is 9.65. The van der Waals surface area contributed by atoms with Crippen molar-refractivity contribution in [2.45, 2.75) is 45.4 Å². The van der Waals surface area contributed by atoms with Gasteiger partial charge >= 0.3 is 5.97 Å². The van der Waals surface area contributed by atoms with E-state index < -0.39 is 0 Å². The molecule has 0 aliphatic carbocycles. The Hall–Kier alpha value is -0.980. The summed E-state index contributed by atoms with van der Waals surface area (Å²) in [6, 6.07) is -0.116. The molecule has 112 valence electrons. The van der Waals surface area contributed by atoms with E-state index in [-0.39, 0.29) is 18.1 Å². The predicted molar refractivity (Wildman–Crippen MR) is 77.6 cm³/mol. The van der Waals surface area contributed by atoms with E-state index in [1.807, 2.05) is 13.8 Å². The minimum absolute atomic E-state index is 0.0359. The summed E-state index contributed by atoms with van der Waals surface area (Å²) in [4.78, 5) is 18.5. The van der Waals surface area contributed by atoms with Crippen LogP contribution in [0.4, 0.5) is 0 Å². The maximum atomic E-state index is 11.7. The molecule has 0 N–H and O–H groups in total. The number of aromatic nitrogens is 1. The zero-order valence-corrected chi connectivity index (χ0v) is 13.1. The number of ether oxygens (including phenoxy) is 2. The molecule has 2 heterocycles. The Bertz CT molecular complexity index is 449. The van der Waals surface area contributed by atoms with Gasteiger partial charge in [-0.25, -0.2) is 4.98 Å². The lowest BCUT2D eigenvalue weighted by Crippen LogP contribution is -2.36. The maximum Gasteiger partial charge on any atom is 0.323 e. The standard InChI is InChI=1S/C14H22N2O3S/c1-4-19-10(2)13-15-11(9-20-13)8-16-7-5-6-12(16)14(17)18-3/h9-10,12H,4-8H2,1-3H3. The van der Waals surface area contributed by atoms with Crippen LogP contribution in [0.2, 0.25) is 0 Å². The van der Waals surface area contributed by atoms with Crippen LogP contribution in [0.3, 0.4) is 0 Å². The summed E-state index contributed by atoms with van der Waals surface area (Å²) >= 11 is 1.62. The molecule has 6 heteroatoms. The van der Waals surface area contributed by atoms with Crippen LogP contribution in [-0.4, -0.2) is 42.2 Å². The van der Waals surface area contributed by atoms with E-state index in [4.69, 9.17) is 9.47 Å². The topological polar surface area (TPSA) is 51.7 Å². The fraction of sp³-hybridized carbons (Fsp3) is 0.714. The van der Waals surface area contributed by atoms with Gasteiger partial charge < -0.3 is 9.47 Å². The molecule has 0 amide bonds. The summed E-state index contributed by atoms with van der Waals surface area (Å²) in [5.41, 5.74) is 1.01. The highest BCUT2D eigenvalue weighted by Crippen LogP contribution is 2.25. The summed E-state index contributed by atoms with van der Waals surface area (Å²) in [6.45, 7) is 6.31. The van der Waals surface area contributed by atoms with Gasteiger partial charge in [0.1, 0.15) is 17.2 Å². The van der Waals surface area contributed by atoms with Gasteiger partial charge in [-0.3, -0.25) is 9.69 Å². The molecule has 0 radical (unpaired) electrons. The second kappa shape index (κ2) is 7.15. The summed E-state index contributed by atoms with van der Waals surface area (Å²) in [5, 5.41) is 3.05. The van der Waals surface area contributed by atoms with Crippen LogP contribution < -0.4 is 0 Å². The zero-order valence-electron chi connectivity index (χ0n) is 12.3. The number of thiazole rings is 1. The van der Waals surface area contributed by atoms with Crippen molar-refractivity contribution in [3.05, 3.63) is 16.1 Å². The summed E-state index contributed by atoms with van der Waals surface area (Å²) in [7, 11) is 1.45. The molecule has 5 nitrogen and oxygen atoms in total. The van der Waals surface area contributed by atoms with Gasteiger partial charge in [-0.05, 0) is 33.2 Å². The molecule has 1 aromatic rings. The third kappa shape index (κ3) is 3.56. The van der Waals surface area contributed by atoms with Crippen molar-refractivity contribution in [1.29, 1.82) is 0 Å². The number of rotatable bonds is 6. The molecule has 20 heavy (non-hydrogen) atoms. The average Bonchev–Trinajstić information content (AvgIpc) is 3.08. The van der Waals surface area contributed by atoms with Gasteiger partial charge in [0.05, 0.1) is 12.8 Å². The van der Waals surface area contributed by atoms with E-state index in [0.717, 1.165) is 30.1 Å². The Labute approximate surface area is 123 Å². The first-order valence-corrected chi connectivity index (χ1v) is 7.91. The molecule has 2 unspecified atom stereocenters. The molecule has 2 atom stereocenters. The molecule has 1 aromatic heterocycles. The van der Waals surface area contributed by atoms with E-state index in [2.05, 4.69) is 15.3 Å². The molecular weight excluding hydrogens is 276 g/mol. The largest absolute Gasteiger partial charge is 0.468 e. The molecule has 1 aliphatic rings. The van der Waals surface area contributed by atoms with Crippen molar-refractivity contribution in [3.8, 4) is 0 Å². The van der Waals surface area contributed by atoms with Crippen LogP contribution in [0.5, 0.6) is 0 Å². The van der Waals surface area contributed by atoms with Gasteiger partial charge in [0.25, 0.3) is 0 Å². The quantitative estimate of drug-likeness (QED) is 0.755. The van der Waals surface area contributed by atoms with Crippen molar-refractivity contribution in [2.24, 2.45) is 0 Å². The minimum Gasteiger partial charge on any atom is -0.468 e. The highest BCUT2D eigenvalue weighted by atomic mass is 32.1. The predicted octanol–water partition coefficient (Wildman–Crippen LogP) is 2.38. The van der Waals surface area contributed by atoms with Gasteiger partial charge in [0.2, 0.25) is 0 Å². The maximum absolute atomic E-state index is 11.7. The number of methoxy groups -OCH3 is 1. The van der Waals surface area contributed by atoms with Crippen LogP contribution in [0.25, 0.3) is 0 Å². The lowest BCUT2D eigenvalue weighted by molar-refractivity contribution is -0.146. The molecule has 1 fully saturated rings. The number of carbonyl (C=O) groups is 1. The molecule has 0 saturated carbocycles. The van der Waals surface area contributed by atoms with E-state index in [9.17, 15) is 4.79 Å². The molecule has 2 rings (SSSR count). The van der Waals surface area contributed by atoms with Gasteiger partial charge in [-0.2, -0.15) is 0 Å². The number of likely N-dealkylation sites (tertiary alicyclic amines) is 1. The van der Waals surface area contributed by atoms with E-state index in [1.54, 1.807) is 11.3 Å². The minimum atomic E-state index is -0.138. The lowest BCUT2D eigenvalue weighted by atomic mass is 10.2. The Kier molecular flexibility index (Phi) is 5.51. The normalized spacial score (nSPS) is 21.1. The average molecular weight is 298 g/mol. The second-order valence-electron chi connectivity index (χ2n) is 4.93. The number of hydrogen-bond acceptors (Lipinski definition) is 6. The van der Waals surface area contributed by atoms with Crippen LogP contribution >= 0.6 is 11.3 Å². The number of hydrogen-bond donors (Lipinski definition) is 0. The van der Waals surface area contributed by atoms with Crippen molar-refractivity contribution in [2.75, 3.05) is 20.3 Å². The Morgan fingerprint density at radius 3 is 3.15 bits per heavy atom. The summed E-state index contributed by atoms with van der Waals surface area (Å²) < 4.78 is 10.4. The smallest absolute Gasteiger partial charge is 0.323 e. The van der Waals surface area contributed by atoms with Gasteiger partial charge in [-0.15, -0.1) is 11.3 Å². The molecular formula is C14H22N2O3S. The number of esters is 1. The second-order valence-corrected chi connectivity index (χ2v) is 5.82. The van der Waals surface area contributed by atoms with E-state index in [0.29, 0.717) is 13.2 Å².